The summed E-state index contributed by atoms with van der Waals surface area (Å²) in [5.74, 6) is -0.278. The highest BCUT2D eigenvalue weighted by atomic mass is 35.5. The molecule has 21 heavy (non-hydrogen) atoms. The molecule has 2 aromatic rings. The van der Waals surface area contributed by atoms with Crippen molar-refractivity contribution in [3.05, 3.63) is 70.8 Å². The lowest BCUT2D eigenvalue weighted by atomic mass is 10.2. The van der Waals surface area contributed by atoms with E-state index in [1.807, 2.05) is 30.3 Å². The third kappa shape index (κ3) is 4.78. The van der Waals surface area contributed by atoms with Crippen molar-refractivity contribution >= 4 is 29.8 Å². The lowest BCUT2D eigenvalue weighted by molar-refractivity contribution is 0.0955. The predicted octanol–water partition coefficient (Wildman–Crippen LogP) is 3.39. The van der Waals surface area contributed by atoms with Gasteiger partial charge in [-0.2, -0.15) is 5.10 Å². The van der Waals surface area contributed by atoms with Crippen LogP contribution in [0.15, 0.2) is 64.7 Å². The molecular weight excluding hydrogens is 288 g/mol. The standard InChI is InChI=1S/C16H13ClN2O2/c17-14(10-12-4-2-1-3-5-12)11-18-19-16(21)13-6-8-15(20)9-7-13/h1-11,20H,(H,19,21)/b14-10-,18-11+. The SMILES string of the molecule is O=C(N/N=C/C(Cl)=C/c1ccccc1)c1ccc(O)cc1. The first kappa shape index (κ1) is 14.8. The second-order valence-corrected chi connectivity index (χ2v) is 4.62. The van der Waals surface area contributed by atoms with E-state index < -0.39 is 0 Å². The Morgan fingerprint density at radius 3 is 2.43 bits per heavy atom. The summed E-state index contributed by atoms with van der Waals surface area (Å²) in [5, 5.41) is 13.3. The van der Waals surface area contributed by atoms with Crippen LogP contribution in [0.1, 0.15) is 15.9 Å². The van der Waals surface area contributed by atoms with Crippen LogP contribution in [-0.4, -0.2) is 17.2 Å². The molecular formula is C16H13ClN2O2. The fraction of sp³-hybridized carbons (Fsp3) is 0. The van der Waals surface area contributed by atoms with E-state index in [1.165, 1.54) is 30.5 Å². The zero-order chi connectivity index (χ0) is 15.1. The fourth-order valence-electron chi connectivity index (χ4n) is 1.58. The van der Waals surface area contributed by atoms with Crippen molar-refractivity contribution in [1.82, 2.24) is 5.43 Å². The Hall–Kier alpha value is -2.59. The van der Waals surface area contributed by atoms with Crippen LogP contribution in [0.2, 0.25) is 0 Å². The monoisotopic (exact) mass is 300 g/mol. The number of hydrogen-bond acceptors (Lipinski definition) is 3. The van der Waals surface area contributed by atoms with Crippen LogP contribution in [-0.2, 0) is 0 Å². The number of benzene rings is 2. The molecule has 0 unspecified atom stereocenters. The van der Waals surface area contributed by atoms with Gasteiger partial charge < -0.3 is 5.11 Å². The van der Waals surface area contributed by atoms with Gasteiger partial charge in [-0.3, -0.25) is 4.79 Å². The molecule has 0 aliphatic carbocycles. The van der Waals surface area contributed by atoms with E-state index in [1.54, 1.807) is 6.08 Å². The molecule has 5 heteroatoms. The Labute approximate surface area is 127 Å². The molecule has 0 spiro atoms. The van der Waals surface area contributed by atoms with E-state index in [9.17, 15) is 4.79 Å². The molecule has 1 amide bonds. The van der Waals surface area contributed by atoms with Gasteiger partial charge in [0.2, 0.25) is 0 Å². The van der Waals surface area contributed by atoms with Crippen molar-refractivity contribution in [3.8, 4) is 5.75 Å². The Kier molecular flexibility index (Phi) is 5.12. The highest BCUT2D eigenvalue weighted by Crippen LogP contribution is 2.10. The van der Waals surface area contributed by atoms with E-state index in [0.717, 1.165) is 5.56 Å². The number of phenols is 1. The van der Waals surface area contributed by atoms with Gasteiger partial charge in [0.05, 0.1) is 11.2 Å². The van der Waals surface area contributed by atoms with Gasteiger partial charge in [-0.1, -0.05) is 41.9 Å². The van der Waals surface area contributed by atoms with Gasteiger partial charge in [0.15, 0.2) is 0 Å². The second kappa shape index (κ2) is 7.26. The maximum atomic E-state index is 11.7. The van der Waals surface area contributed by atoms with Gasteiger partial charge in [-0.25, -0.2) is 5.43 Å². The first-order chi connectivity index (χ1) is 10.1. The van der Waals surface area contributed by atoms with E-state index >= 15 is 0 Å². The van der Waals surface area contributed by atoms with Crippen LogP contribution in [0.3, 0.4) is 0 Å². The van der Waals surface area contributed by atoms with Crippen molar-refractivity contribution in [2.75, 3.05) is 0 Å². The lowest BCUT2D eigenvalue weighted by Crippen LogP contribution is -2.17. The normalized spacial score (nSPS) is 11.6. The lowest BCUT2D eigenvalue weighted by Gasteiger charge is -1.99. The van der Waals surface area contributed by atoms with Crippen LogP contribution >= 0.6 is 11.6 Å². The number of halogens is 1. The summed E-state index contributed by atoms with van der Waals surface area (Å²) in [5.41, 5.74) is 3.70. The van der Waals surface area contributed by atoms with E-state index in [-0.39, 0.29) is 11.7 Å². The Morgan fingerprint density at radius 2 is 1.76 bits per heavy atom. The highest BCUT2D eigenvalue weighted by Gasteiger charge is 2.03. The Bertz CT molecular complexity index is 664. The number of carbonyl (C=O) groups is 1. The molecule has 0 saturated heterocycles. The number of allylic oxidation sites excluding steroid dienone is 1. The molecule has 2 N–H and O–H groups in total. The molecule has 0 aliphatic rings. The summed E-state index contributed by atoms with van der Waals surface area (Å²) in [6.07, 6.45) is 3.09. The first-order valence-electron chi connectivity index (χ1n) is 6.20. The third-order valence-electron chi connectivity index (χ3n) is 2.59. The average Bonchev–Trinajstić information content (AvgIpc) is 2.49. The zero-order valence-corrected chi connectivity index (χ0v) is 11.8. The predicted molar refractivity (Wildman–Crippen MR) is 84.3 cm³/mol. The molecule has 0 heterocycles. The number of amides is 1. The highest BCUT2D eigenvalue weighted by molar-refractivity contribution is 6.41. The van der Waals surface area contributed by atoms with Gasteiger partial charge in [-0.15, -0.1) is 0 Å². The van der Waals surface area contributed by atoms with Crippen molar-refractivity contribution in [2.45, 2.75) is 0 Å². The summed E-state index contributed by atoms with van der Waals surface area (Å²) in [4.78, 5) is 11.7. The molecule has 0 aromatic heterocycles. The summed E-state index contributed by atoms with van der Waals surface area (Å²) >= 11 is 5.99. The Morgan fingerprint density at radius 1 is 1.10 bits per heavy atom. The average molecular weight is 301 g/mol. The number of nitrogens with zero attached hydrogens (tertiary/aromatic N) is 1. The number of nitrogens with one attached hydrogen (secondary N) is 1. The number of phenolic OH excluding ortho intramolecular Hbond substituents is 1. The molecule has 0 bridgehead atoms. The van der Waals surface area contributed by atoms with Crippen molar-refractivity contribution < 1.29 is 9.90 Å². The maximum Gasteiger partial charge on any atom is 0.271 e. The summed E-state index contributed by atoms with van der Waals surface area (Å²) in [6.45, 7) is 0. The van der Waals surface area contributed by atoms with E-state index in [2.05, 4.69) is 10.5 Å². The Balaban J connectivity index is 1.94. The quantitative estimate of drug-likeness (QED) is 0.671. The molecule has 0 atom stereocenters. The molecule has 0 saturated carbocycles. The molecule has 2 aromatic carbocycles. The molecule has 0 aliphatic heterocycles. The minimum Gasteiger partial charge on any atom is -0.508 e. The number of hydrazone groups is 1. The minimum atomic E-state index is -0.379. The third-order valence-corrected chi connectivity index (χ3v) is 2.79. The van der Waals surface area contributed by atoms with Gasteiger partial charge in [-0.05, 0) is 35.9 Å². The van der Waals surface area contributed by atoms with Crippen LogP contribution in [0.25, 0.3) is 6.08 Å². The van der Waals surface area contributed by atoms with Crippen molar-refractivity contribution in [2.24, 2.45) is 5.10 Å². The molecule has 2 rings (SSSR count). The van der Waals surface area contributed by atoms with Gasteiger partial charge >= 0.3 is 0 Å². The molecule has 106 valence electrons. The van der Waals surface area contributed by atoms with Crippen LogP contribution in [0.5, 0.6) is 5.75 Å². The minimum absolute atomic E-state index is 0.101. The topological polar surface area (TPSA) is 61.7 Å². The van der Waals surface area contributed by atoms with E-state index in [4.69, 9.17) is 16.7 Å². The fourth-order valence-corrected chi connectivity index (χ4v) is 1.75. The van der Waals surface area contributed by atoms with Gasteiger partial charge in [0.1, 0.15) is 5.75 Å². The number of aromatic hydroxyl groups is 1. The molecule has 0 radical (unpaired) electrons. The van der Waals surface area contributed by atoms with Gasteiger partial charge in [0.25, 0.3) is 5.91 Å². The second-order valence-electron chi connectivity index (χ2n) is 4.19. The van der Waals surface area contributed by atoms with Crippen LogP contribution in [0, 0.1) is 0 Å². The maximum absolute atomic E-state index is 11.7. The van der Waals surface area contributed by atoms with Crippen LogP contribution < -0.4 is 5.43 Å². The van der Waals surface area contributed by atoms with Gasteiger partial charge in [0, 0.05) is 5.56 Å². The largest absolute Gasteiger partial charge is 0.508 e. The molecule has 4 nitrogen and oxygen atoms in total. The first-order valence-corrected chi connectivity index (χ1v) is 6.57. The van der Waals surface area contributed by atoms with Crippen molar-refractivity contribution in [1.29, 1.82) is 0 Å². The number of hydrogen-bond donors (Lipinski definition) is 2. The number of rotatable bonds is 4. The summed E-state index contributed by atoms with van der Waals surface area (Å²) < 4.78 is 0. The summed E-state index contributed by atoms with van der Waals surface area (Å²) in [7, 11) is 0. The van der Waals surface area contributed by atoms with Crippen LogP contribution in [0.4, 0.5) is 0 Å². The van der Waals surface area contributed by atoms with E-state index in [0.29, 0.717) is 10.6 Å². The number of carbonyl (C=O) groups excluding carboxylic acids is 1. The molecule has 0 fully saturated rings. The summed E-state index contributed by atoms with van der Waals surface area (Å²) in [6, 6.07) is 15.4. The smallest absolute Gasteiger partial charge is 0.271 e. The van der Waals surface area contributed by atoms with Crippen molar-refractivity contribution in [3.63, 3.8) is 0 Å². The zero-order valence-electron chi connectivity index (χ0n) is 11.0.